The number of hydrogen-bond donors (Lipinski definition) is 1. The summed E-state index contributed by atoms with van der Waals surface area (Å²) in [4.78, 5) is 15.5. The molecule has 1 N–H and O–H groups in total. The zero-order valence-corrected chi connectivity index (χ0v) is 13.2. The summed E-state index contributed by atoms with van der Waals surface area (Å²) < 4.78 is 31.2. The van der Waals surface area contributed by atoms with Gasteiger partial charge in [0.1, 0.15) is 5.75 Å². The van der Waals surface area contributed by atoms with Crippen LogP contribution < -0.4 is 4.74 Å². The van der Waals surface area contributed by atoms with E-state index in [9.17, 15) is 13.6 Å². The van der Waals surface area contributed by atoms with E-state index in [2.05, 4.69) is 11.6 Å². The third-order valence-corrected chi connectivity index (χ3v) is 3.65. The SMILES string of the molecule is C=CCN(CCc1c(C)[nH]c2cccc(OC(C)=O)c12)C(F)F. The van der Waals surface area contributed by atoms with E-state index in [1.54, 1.807) is 12.1 Å². The molecule has 0 aliphatic carbocycles. The Morgan fingerprint density at radius 1 is 1.48 bits per heavy atom. The number of fused-ring (bicyclic) bond motifs is 1. The van der Waals surface area contributed by atoms with Crippen molar-refractivity contribution in [3.05, 3.63) is 42.1 Å². The second-order valence-corrected chi connectivity index (χ2v) is 5.31. The summed E-state index contributed by atoms with van der Waals surface area (Å²) in [6.45, 7) is 4.49. The van der Waals surface area contributed by atoms with Gasteiger partial charge in [-0.25, -0.2) is 4.90 Å². The number of carbonyl (C=O) groups is 1. The molecular weight excluding hydrogens is 302 g/mol. The third-order valence-electron chi connectivity index (χ3n) is 3.65. The van der Waals surface area contributed by atoms with E-state index in [1.807, 2.05) is 13.0 Å². The Labute approximate surface area is 133 Å². The largest absolute Gasteiger partial charge is 0.426 e. The first-order chi connectivity index (χ1) is 10.9. The Kier molecular flexibility index (Phi) is 5.50. The molecule has 23 heavy (non-hydrogen) atoms. The summed E-state index contributed by atoms with van der Waals surface area (Å²) in [5.74, 6) is 0.0323. The lowest BCUT2D eigenvalue weighted by Gasteiger charge is -2.19. The minimum Gasteiger partial charge on any atom is -0.426 e. The van der Waals surface area contributed by atoms with Gasteiger partial charge in [0.15, 0.2) is 0 Å². The number of benzene rings is 1. The van der Waals surface area contributed by atoms with Crippen molar-refractivity contribution in [3.63, 3.8) is 0 Å². The first-order valence-electron chi connectivity index (χ1n) is 7.35. The quantitative estimate of drug-likeness (QED) is 0.366. The van der Waals surface area contributed by atoms with Gasteiger partial charge < -0.3 is 9.72 Å². The Morgan fingerprint density at radius 3 is 2.83 bits per heavy atom. The fourth-order valence-electron chi connectivity index (χ4n) is 2.65. The molecule has 2 rings (SSSR count). The third kappa shape index (κ3) is 3.96. The Bertz CT molecular complexity index is 710. The number of alkyl halides is 2. The van der Waals surface area contributed by atoms with Gasteiger partial charge in [0, 0.05) is 36.6 Å². The highest BCUT2D eigenvalue weighted by atomic mass is 19.3. The monoisotopic (exact) mass is 322 g/mol. The maximum absolute atomic E-state index is 13.0. The van der Waals surface area contributed by atoms with E-state index >= 15 is 0 Å². The molecule has 0 bridgehead atoms. The molecule has 0 aliphatic rings. The number of ether oxygens (including phenoxy) is 1. The van der Waals surface area contributed by atoms with Crippen molar-refractivity contribution in [2.75, 3.05) is 13.1 Å². The van der Waals surface area contributed by atoms with Gasteiger partial charge in [-0.2, -0.15) is 8.78 Å². The second-order valence-electron chi connectivity index (χ2n) is 5.31. The molecule has 1 aromatic carbocycles. The highest BCUT2D eigenvalue weighted by molar-refractivity contribution is 5.92. The van der Waals surface area contributed by atoms with Crippen LogP contribution in [0.3, 0.4) is 0 Å². The average Bonchev–Trinajstić information content (AvgIpc) is 2.79. The highest BCUT2D eigenvalue weighted by Gasteiger charge is 2.18. The molecule has 1 aromatic heterocycles. The maximum Gasteiger partial charge on any atom is 0.308 e. The fraction of sp³-hybridized carbons (Fsp3) is 0.353. The van der Waals surface area contributed by atoms with Crippen molar-refractivity contribution >= 4 is 16.9 Å². The fourth-order valence-corrected chi connectivity index (χ4v) is 2.65. The predicted octanol–water partition coefficient (Wildman–Crippen LogP) is 3.65. The standard InChI is InChI=1S/C17H20F2N2O2/c1-4-9-21(17(18)19)10-8-13-11(2)20-14-6-5-7-15(16(13)14)23-12(3)22/h4-7,17,20H,1,8-10H2,2-3H3. The molecule has 0 atom stereocenters. The van der Waals surface area contributed by atoms with Crippen molar-refractivity contribution < 1.29 is 18.3 Å². The number of H-pyrrole nitrogens is 1. The van der Waals surface area contributed by atoms with Crippen LogP contribution >= 0.6 is 0 Å². The zero-order chi connectivity index (χ0) is 17.0. The molecule has 0 amide bonds. The Hall–Kier alpha value is -2.21. The van der Waals surface area contributed by atoms with Crippen LogP contribution in [0.4, 0.5) is 8.78 Å². The summed E-state index contributed by atoms with van der Waals surface area (Å²) >= 11 is 0. The average molecular weight is 322 g/mol. The lowest BCUT2D eigenvalue weighted by molar-refractivity contribution is -0.131. The van der Waals surface area contributed by atoms with Crippen LogP contribution in [0, 0.1) is 6.92 Å². The number of halogens is 2. The number of carbonyl (C=O) groups excluding carboxylic acids is 1. The van der Waals surface area contributed by atoms with Crippen LogP contribution in [-0.4, -0.2) is 35.5 Å². The van der Waals surface area contributed by atoms with Gasteiger partial charge >= 0.3 is 5.97 Å². The summed E-state index contributed by atoms with van der Waals surface area (Å²) in [6.07, 6.45) is 1.88. The summed E-state index contributed by atoms with van der Waals surface area (Å²) in [7, 11) is 0. The smallest absolute Gasteiger partial charge is 0.308 e. The first-order valence-corrected chi connectivity index (χ1v) is 7.35. The van der Waals surface area contributed by atoms with Crippen LogP contribution in [0.2, 0.25) is 0 Å². The first kappa shape index (κ1) is 17.1. The summed E-state index contributed by atoms with van der Waals surface area (Å²) in [5.41, 5.74) is 2.59. The highest BCUT2D eigenvalue weighted by Crippen LogP contribution is 2.31. The van der Waals surface area contributed by atoms with Crippen LogP contribution in [0.1, 0.15) is 18.2 Å². The lowest BCUT2D eigenvalue weighted by atomic mass is 10.1. The summed E-state index contributed by atoms with van der Waals surface area (Å²) in [5, 5.41) is 0.771. The van der Waals surface area contributed by atoms with Gasteiger partial charge in [0.05, 0.1) is 0 Å². The van der Waals surface area contributed by atoms with Crippen LogP contribution in [-0.2, 0) is 11.2 Å². The van der Waals surface area contributed by atoms with E-state index < -0.39 is 12.5 Å². The van der Waals surface area contributed by atoms with E-state index in [4.69, 9.17) is 4.74 Å². The molecule has 4 nitrogen and oxygen atoms in total. The van der Waals surface area contributed by atoms with Gasteiger partial charge in [-0.3, -0.25) is 4.79 Å². The van der Waals surface area contributed by atoms with E-state index in [1.165, 1.54) is 13.0 Å². The molecule has 0 unspecified atom stereocenters. The van der Waals surface area contributed by atoms with Gasteiger partial charge in [0.2, 0.25) is 0 Å². The van der Waals surface area contributed by atoms with Crippen molar-refractivity contribution in [2.24, 2.45) is 0 Å². The Morgan fingerprint density at radius 2 is 2.22 bits per heavy atom. The van der Waals surface area contributed by atoms with Crippen molar-refractivity contribution in [3.8, 4) is 5.75 Å². The van der Waals surface area contributed by atoms with E-state index in [-0.39, 0.29) is 13.1 Å². The number of nitrogens with zero attached hydrogens (tertiary/aromatic N) is 1. The molecule has 2 aromatic rings. The lowest BCUT2D eigenvalue weighted by Crippen LogP contribution is -2.31. The number of nitrogens with one attached hydrogen (secondary N) is 1. The number of aryl methyl sites for hydroxylation is 1. The minimum atomic E-state index is -2.54. The molecule has 0 radical (unpaired) electrons. The predicted molar refractivity (Wildman–Crippen MR) is 85.8 cm³/mol. The number of aromatic nitrogens is 1. The Balaban J connectivity index is 2.34. The molecule has 0 saturated carbocycles. The molecule has 1 heterocycles. The van der Waals surface area contributed by atoms with Gasteiger partial charge in [0.25, 0.3) is 6.55 Å². The van der Waals surface area contributed by atoms with Crippen LogP contribution in [0.5, 0.6) is 5.75 Å². The van der Waals surface area contributed by atoms with Crippen LogP contribution in [0.15, 0.2) is 30.9 Å². The van der Waals surface area contributed by atoms with Gasteiger partial charge in [-0.05, 0) is 31.0 Å². The molecule has 6 heteroatoms. The topological polar surface area (TPSA) is 45.3 Å². The molecule has 0 saturated heterocycles. The van der Waals surface area contributed by atoms with Crippen molar-refractivity contribution in [1.29, 1.82) is 0 Å². The minimum absolute atomic E-state index is 0.121. The number of esters is 1. The van der Waals surface area contributed by atoms with E-state index in [0.717, 1.165) is 27.1 Å². The van der Waals surface area contributed by atoms with Gasteiger partial charge in [-0.15, -0.1) is 6.58 Å². The molecule has 0 fully saturated rings. The van der Waals surface area contributed by atoms with Crippen molar-refractivity contribution in [1.82, 2.24) is 9.88 Å². The normalized spacial score (nSPS) is 11.4. The number of hydrogen-bond acceptors (Lipinski definition) is 3. The summed E-state index contributed by atoms with van der Waals surface area (Å²) in [6, 6.07) is 5.35. The number of rotatable bonds is 7. The molecule has 124 valence electrons. The molecule has 0 aliphatic heterocycles. The van der Waals surface area contributed by atoms with Crippen LogP contribution in [0.25, 0.3) is 10.9 Å². The van der Waals surface area contributed by atoms with E-state index in [0.29, 0.717) is 12.2 Å². The maximum atomic E-state index is 13.0. The second kappa shape index (κ2) is 7.37. The molecular formula is C17H20F2N2O2. The zero-order valence-electron chi connectivity index (χ0n) is 13.2. The number of aromatic amines is 1. The molecule has 0 spiro atoms. The van der Waals surface area contributed by atoms with Gasteiger partial charge in [-0.1, -0.05) is 12.1 Å². The van der Waals surface area contributed by atoms with Crippen molar-refractivity contribution in [2.45, 2.75) is 26.8 Å².